The fraction of sp³-hybridized carbons (Fsp3) is 0.611. The third-order valence-corrected chi connectivity index (χ3v) is 7.45. The number of nitrogens with one attached hydrogen (secondary N) is 1. The summed E-state index contributed by atoms with van der Waals surface area (Å²) in [5, 5.41) is 2.97. The molecule has 0 saturated carbocycles. The molecule has 1 aromatic rings. The van der Waals surface area contributed by atoms with Crippen molar-refractivity contribution in [2.45, 2.75) is 17.7 Å². The van der Waals surface area contributed by atoms with Gasteiger partial charge in [-0.25, -0.2) is 8.42 Å². The Morgan fingerprint density at radius 2 is 1.89 bits per heavy atom. The van der Waals surface area contributed by atoms with Crippen LogP contribution in [0.2, 0.25) is 0 Å². The molecule has 2 saturated heterocycles. The van der Waals surface area contributed by atoms with Crippen molar-refractivity contribution in [2.24, 2.45) is 5.92 Å². The highest BCUT2D eigenvalue weighted by Crippen LogP contribution is 2.24. The number of amides is 1. The lowest BCUT2D eigenvalue weighted by Crippen LogP contribution is -2.47. The Bertz CT molecular complexity index is 735. The average Bonchev–Trinajstić information content (AvgIpc) is 2.69. The molecule has 150 valence electrons. The number of ether oxygens (including phenoxy) is 1. The van der Waals surface area contributed by atoms with Gasteiger partial charge in [-0.15, -0.1) is 0 Å². The molecule has 1 amide bonds. The molecule has 0 bridgehead atoms. The van der Waals surface area contributed by atoms with Crippen LogP contribution in [-0.4, -0.2) is 76.0 Å². The quantitative estimate of drug-likeness (QED) is 0.693. The average molecular weight is 460 g/mol. The van der Waals surface area contributed by atoms with Gasteiger partial charge >= 0.3 is 0 Å². The highest BCUT2D eigenvalue weighted by molar-refractivity contribution is 9.10. The van der Waals surface area contributed by atoms with Crippen LogP contribution in [0.5, 0.6) is 0 Å². The summed E-state index contributed by atoms with van der Waals surface area (Å²) in [7, 11) is -3.57. The maximum absolute atomic E-state index is 12.8. The van der Waals surface area contributed by atoms with Crippen LogP contribution in [0, 0.1) is 5.92 Å². The van der Waals surface area contributed by atoms with E-state index in [0.717, 1.165) is 43.7 Å². The molecule has 0 spiro atoms. The van der Waals surface area contributed by atoms with E-state index in [-0.39, 0.29) is 23.3 Å². The molecule has 1 N–H and O–H groups in total. The molecule has 0 aromatic heterocycles. The lowest BCUT2D eigenvalue weighted by atomic mass is 9.99. The van der Waals surface area contributed by atoms with E-state index in [1.54, 1.807) is 24.3 Å². The second kappa shape index (κ2) is 9.47. The number of morpholine rings is 1. The smallest absolute Gasteiger partial charge is 0.243 e. The number of hydrogen-bond acceptors (Lipinski definition) is 5. The first-order chi connectivity index (χ1) is 13.0. The number of piperidine rings is 1. The molecule has 2 heterocycles. The van der Waals surface area contributed by atoms with E-state index in [2.05, 4.69) is 26.1 Å². The van der Waals surface area contributed by atoms with Crippen LogP contribution in [0.25, 0.3) is 0 Å². The summed E-state index contributed by atoms with van der Waals surface area (Å²) in [6.07, 6.45) is 1.41. The summed E-state index contributed by atoms with van der Waals surface area (Å²) in [6, 6.07) is 6.61. The van der Waals surface area contributed by atoms with Gasteiger partial charge in [-0.2, -0.15) is 4.31 Å². The van der Waals surface area contributed by atoms with Gasteiger partial charge in [-0.3, -0.25) is 9.69 Å². The lowest BCUT2D eigenvalue weighted by Gasteiger charge is -2.31. The van der Waals surface area contributed by atoms with Gasteiger partial charge in [0.15, 0.2) is 0 Å². The fourth-order valence-electron chi connectivity index (χ4n) is 3.44. The van der Waals surface area contributed by atoms with E-state index in [1.807, 2.05) is 0 Å². The Balaban J connectivity index is 1.53. The molecule has 2 aliphatic rings. The number of carbonyl (C=O) groups is 1. The van der Waals surface area contributed by atoms with E-state index in [4.69, 9.17) is 4.74 Å². The number of carbonyl (C=O) groups excluding carboxylic acids is 1. The minimum atomic E-state index is -3.57. The number of nitrogens with zero attached hydrogens (tertiary/aromatic N) is 2. The monoisotopic (exact) mass is 459 g/mol. The summed E-state index contributed by atoms with van der Waals surface area (Å²) in [6.45, 7) is 5.31. The third-order valence-electron chi connectivity index (χ3n) is 5.04. The van der Waals surface area contributed by atoms with E-state index < -0.39 is 10.0 Å². The molecule has 2 aliphatic heterocycles. The van der Waals surface area contributed by atoms with Crippen LogP contribution < -0.4 is 5.32 Å². The maximum atomic E-state index is 12.8. The zero-order valence-corrected chi connectivity index (χ0v) is 17.7. The molecule has 0 unspecified atom stereocenters. The minimum absolute atomic E-state index is 0.0565. The maximum Gasteiger partial charge on any atom is 0.243 e. The molecular weight excluding hydrogens is 434 g/mol. The van der Waals surface area contributed by atoms with Crippen molar-refractivity contribution in [3.8, 4) is 0 Å². The van der Waals surface area contributed by atoms with Crippen molar-refractivity contribution < 1.29 is 17.9 Å². The normalized spacial score (nSPS) is 22.5. The van der Waals surface area contributed by atoms with E-state index in [1.165, 1.54) is 4.31 Å². The van der Waals surface area contributed by atoms with Gasteiger partial charge in [0.25, 0.3) is 0 Å². The van der Waals surface area contributed by atoms with E-state index in [9.17, 15) is 13.2 Å². The first kappa shape index (κ1) is 20.7. The number of sulfonamides is 1. The summed E-state index contributed by atoms with van der Waals surface area (Å²) < 4.78 is 33.3. The Morgan fingerprint density at radius 1 is 1.19 bits per heavy atom. The minimum Gasteiger partial charge on any atom is -0.379 e. The third kappa shape index (κ3) is 5.51. The van der Waals surface area contributed by atoms with Crippen molar-refractivity contribution >= 4 is 31.9 Å². The molecule has 1 atom stereocenters. The molecule has 2 fully saturated rings. The summed E-state index contributed by atoms with van der Waals surface area (Å²) in [5.41, 5.74) is 0. The largest absolute Gasteiger partial charge is 0.379 e. The van der Waals surface area contributed by atoms with Crippen LogP contribution in [0.15, 0.2) is 33.6 Å². The predicted octanol–water partition coefficient (Wildman–Crippen LogP) is 1.30. The van der Waals surface area contributed by atoms with Gasteiger partial charge in [-0.1, -0.05) is 15.9 Å². The molecule has 0 radical (unpaired) electrons. The van der Waals surface area contributed by atoms with E-state index in [0.29, 0.717) is 19.5 Å². The van der Waals surface area contributed by atoms with Gasteiger partial charge in [0.2, 0.25) is 15.9 Å². The van der Waals surface area contributed by atoms with Gasteiger partial charge in [-0.05, 0) is 37.1 Å². The highest BCUT2D eigenvalue weighted by atomic mass is 79.9. The van der Waals surface area contributed by atoms with Gasteiger partial charge in [0, 0.05) is 43.7 Å². The summed E-state index contributed by atoms with van der Waals surface area (Å²) in [4.78, 5) is 15.0. The first-order valence-corrected chi connectivity index (χ1v) is 11.5. The second-order valence-electron chi connectivity index (χ2n) is 6.90. The summed E-state index contributed by atoms with van der Waals surface area (Å²) >= 11 is 3.32. The first-order valence-electron chi connectivity index (χ1n) is 9.30. The molecule has 7 nitrogen and oxygen atoms in total. The number of halogens is 1. The standard InChI is InChI=1S/C18H26BrN3O4S/c19-16-3-5-17(6-4-16)27(24,25)22-8-1-2-15(14-22)18(23)20-7-9-21-10-12-26-13-11-21/h3-6,15H,1-2,7-14H2,(H,20,23)/t15-/m1/s1. The SMILES string of the molecule is O=C(NCCN1CCOCC1)[C@@H]1CCCN(S(=O)(=O)c2ccc(Br)cc2)C1. The predicted molar refractivity (Wildman–Crippen MR) is 106 cm³/mol. The zero-order chi connectivity index (χ0) is 19.3. The summed E-state index contributed by atoms with van der Waals surface area (Å²) in [5.74, 6) is -0.354. The van der Waals surface area contributed by atoms with Crippen LogP contribution in [0.4, 0.5) is 0 Å². The van der Waals surface area contributed by atoms with Crippen molar-refractivity contribution in [3.05, 3.63) is 28.7 Å². The van der Waals surface area contributed by atoms with Crippen molar-refractivity contribution in [1.82, 2.24) is 14.5 Å². The number of hydrogen-bond donors (Lipinski definition) is 1. The second-order valence-corrected chi connectivity index (χ2v) is 9.75. The van der Waals surface area contributed by atoms with Crippen molar-refractivity contribution in [3.63, 3.8) is 0 Å². The van der Waals surface area contributed by atoms with Crippen molar-refractivity contribution in [1.29, 1.82) is 0 Å². The van der Waals surface area contributed by atoms with Crippen molar-refractivity contribution in [2.75, 3.05) is 52.5 Å². The van der Waals surface area contributed by atoms with Crippen LogP contribution in [0.3, 0.4) is 0 Å². The zero-order valence-electron chi connectivity index (χ0n) is 15.3. The fourth-order valence-corrected chi connectivity index (χ4v) is 5.22. The molecule has 9 heteroatoms. The Labute approximate surface area is 169 Å². The number of benzene rings is 1. The van der Waals surface area contributed by atoms with E-state index >= 15 is 0 Å². The Morgan fingerprint density at radius 3 is 2.59 bits per heavy atom. The van der Waals surface area contributed by atoms with Crippen LogP contribution >= 0.6 is 15.9 Å². The highest BCUT2D eigenvalue weighted by Gasteiger charge is 2.33. The molecule has 27 heavy (non-hydrogen) atoms. The molecular formula is C18H26BrN3O4S. The molecule has 1 aromatic carbocycles. The van der Waals surface area contributed by atoms with Gasteiger partial charge in [0.05, 0.1) is 24.0 Å². The van der Waals surface area contributed by atoms with Gasteiger partial charge < -0.3 is 10.1 Å². The molecule has 3 rings (SSSR count). The van der Waals surface area contributed by atoms with Crippen LogP contribution in [-0.2, 0) is 19.6 Å². The molecule has 0 aliphatic carbocycles. The van der Waals surface area contributed by atoms with Gasteiger partial charge in [0.1, 0.15) is 0 Å². The topological polar surface area (TPSA) is 79.0 Å². The Kier molecular flexibility index (Phi) is 7.27. The lowest BCUT2D eigenvalue weighted by molar-refractivity contribution is -0.126. The number of rotatable bonds is 6. The Hall–Kier alpha value is -1.00. The van der Waals surface area contributed by atoms with Crippen LogP contribution in [0.1, 0.15) is 12.8 Å².